The molecule has 0 heterocycles. The Hall–Kier alpha value is -0.350. The van der Waals surface area contributed by atoms with E-state index in [9.17, 15) is 0 Å². The quantitative estimate of drug-likeness (QED) is 0.669. The molecular weight excluding hydrogens is 250 g/mol. The number of hydrogen-bond donors (Lipinski definition) is 1. The molecule has 0 fully saturated rings. The highest BCUT2D eigenvalue weighted by Gasteiger charge is 1.99. The lowest BCUT2D eigenvalue weighted by Crippen LogP contribution is -2.02. The van der Waals surface area contributed by atoms with Crippen molar-refractivity contribution in [1.82, 2.24) is 0 Å². The van der Waals surface area contributed by atoms with Crippen LogP contribution in [0.1, 0.15) is 0 Å². The number of halogens is 1. The van der Waals surface area contributed by atoms with Gasteiger partial charge in [-0.25, -0.2) is 0 Å². The van der Waals surface area contributed by atoms with E-state index in [-0.39, 0.29) is 0 Å². The smallest absolute Gasteiger partial charge is 0.142 e. The van der Waals surface area contributed by atoms with E-state index in [1.165, 1.54) is 0 Å². The molecule has 0 aliphatic rings. The number of hydrogen-bond acceptors (Lipinski definition) is 3. The van der Waals surface area contributed by atoms with Crippen LogP contribution in [0.5, 0.6) is 5.75 Å². The third-order valence-corrected chi connectivity index (χ3v) is 2.59. The second-order valence-electron chi connectivity index (χ2n) is 2.52. The Labute approximate surface area is 91.0 Å². The van der Waals surface area contributed by atoms with Crippen LogP contribution in [0.2, 0.25) is 0 Å². The van der Waals surface area contributed by atoms with Crippen LogP contribution < -0.4 is 10.5 Å². The molecule has 2 N–H and O–H groups in total. The van der Waals surface area contributed by atoms with Crippen molar-refractivity contribution in [3.05, 3.63) is 22.7 Å². The van der Waals surface area contributed by atoms with Crippen molar-refractivity contribution in [3.63, 3.8) is 0 Å². The van der Waals surface area contributed by atoms with Crippen LogP contribution in [0, 0.1) is 0 Å². The lowest BCUT2D eigenvalue weighted by atomic mass is 10.3. The van der Waals surface area contributed by atoms with Gasteiger partial charge in [0, 0.05) is 10.2 Å². The van der Waals surface area contributed by atoms with Crippen LogP contribution in [-0.2, 0) is 0 Å². The van der Waals surface area contributed by atoms with Gasteiger partial charge in [0.05, 0.1) is 12.3 Å². The number of thioether (sulfide) groups is 1. The molecule has 1 aromatic carbocycles. The summed E-state index contributed by atoms with van der Waals surface area (Å²) in [5.41, 5.74) is 6.42. The van der Waals surface area contributed by atoms with E-state index in [1.807, 2.05) is 24.5 Å². The molecule has 0 aromatic heterocycles. The first kappa shape index (κ1) is 10.7. The fourth-order valence-corrected chi connectivity index (χ4v) is 1.51. The summed E-state index contributed by atoms with van der Waals surface area (Å²) in [6.45, 7) is 0.701. The molecule has 1 rings (SSSR count). The van der Waals surface area contributed by atoms with Gasteiger partial charge in [-0.15, -0.1) is 0 Å². The maximum atomic E-state index is 5.74. The van der Waals surface area contributed by atoms with E-state index in [1.54, 1.807) is 11.8 Å². The zero-order chi connectivity index (χ0) is 9.68. The van der Waals surface area contributed by atoms with Gasteiger partial charge in [0.1, 0.15) is 5.75 Å². The number of anilines is 1. The minimum absolute atomic E-state index is 0.676. The largest absolute Gasteiger partial charge is 0.491 e. The molecule has 72 valence electrons. The summed E-state index contributed by atoms with van der Waals surface area (Å²) < 4.78 is 6.44. The first-order valence-corrected chi connectivity index (χ1v) is 6.09. The van der Waals surface area contributed by atoms with E-state index in [0.29, 0.717) is 12.3 Å². The highest BCUT2D eigenvalue weighted by Crippen LogP contribution is 2.25. The molecule has 0 radical (unpaired) electrons. The van der Waals surface area contributed by atoms with Crippen molar-refractivity contribution >= 4 is 33.4 Å². The first-order valence-electron chi connectivity index (χ1n) is 3.91. The van der Waals surface area contributed by atoms with Gasteiger partial charge < -0.3 is 10.5 Å². The molecule has 0 aliphatic heterocycles. The van der Waals surface area contributed by atoms with Gasteiger partial charge in [-0.2, -0.15) is 11.8 Å². The average molecular weight is 262 g/mol. The second-order valence-corrected chi connectivity index (χ2v) is 4.42. The molecule has 13 heavy (non-hydrogen) atoms. The standard InChI is InChI=1S/C9H12BrNOS/c1-13-5-4-12-9-3-2-7(10)6-8(9)11/h2-3,6H,4-5,11H2,1H3. The molecule has 0 bridgehead atoms. The zero-order valence-corrected chi connectivity index (χ0v) is 9.82. The van der Waals surface area contributed by atoms with Crippen LogP contribution in [0.3, 0.4) is 0 Å². The fourth-order valence-electron chi connectivity index (χ4n) is 0.886. The highest BCUT2D eigenvalue weighted by atomic mass is 79.9. The van der Waals surface area contributed by atoms with Crippen LogP contribution in [-0.4, -0.2) is 18.6 Å². The molecule has 0 saturated heterocycles. The van der Waals surface area contributed by atoms with Gasteiger partial charge in [-0.05, 0) is 24.5 Å². The molecule has 0 spiro atoms. The molecule has 0 unspecified atom stereocenters. The summed E-state index contributed by atoms with van der Waals surface area (Å²) in [4.78, 5) is 0. The molecule has 0 aliphatic carbocycles. The van der Waals surface area contributed by atoms with Crippen molar-refractivity contribution in [1.29, 1.82) is 0 Å². The van der Waals surface area contributed by atoms with Gasteiger partial charge in [-0.1, -0.05) is 15.9 Å². The number of ether oxygens (including phenoxy) is 1. The maximum Gasteiger partial charge on any atom is 0.142 e. The Kier molecular flexibility index (Phi) is 4.45. The number of nitrogen functional groups attached to an aromatic ring is 1. The van der Waals surface area contributed by atoms with Crippen molar-refractivity contribution in [2.45, 2.75) is 0 Å². The highest BCUT2D eigenvalue weighted by molar-refractivity contribution is 9.10. The maximum absolute atomic E-state index is 5.74. The normalized spacial score (nSPS) is 10.0. The van der Waals surface area contributed by atoms with Gasteiger partial charge in [0.2, 0.25) is 0 Å². The average Bonchev–Trinajstić information content (AvgIpc) is 2.09. The minimum atomic E-state index is 0.676. The molecule has 0 amide bonds. The molecular formula is C9H12BrNOS. The number of benzene rings is 1. The molecule has 0 saturated carbocycles. The molecule has 4 heteroatoms. The summed E-state index contributed by atoms with van der Waals surface area (Å²) in [7, 11) is 0. The van der Waals surface area contributed by atoms with E-state index in [0.717, 1.165) is 16.0 Å². The van der Waals surface area contributed by atoms with E-state index < -0.39 is 0 Å². The van der Waals surface area contributed by atoms with Crippen molar-refractivity contribution < 1.29 is 4.74 Å². The van der Waals surface area contributed by atoms with Gasteiger partial charge in [0.15, 0.2) is 0 Å². The van der Waals surface area contributed by atoms with Crippen molar-refractivity contribution in [2.75, 3.05) is 24.3 Å². The fraction of sp³-hybridized carbons (Fsp3) is 0.333. The van der Waals surface area contributed by atoms with Gasteiger partial charge in [-0.3, -0.25) is 0 Å². The molecule has 1 aromatic rings. The lowest BCUT2D eigenvalue weighted by Gasteiger charge is -2.07. The SMILES string of the molecule is CSCCOc1ccc(Br)cc1N. The summed E-state index contributed by atoms with van der Waals surface area (Å²) in [6.07, 6.45) is 2.05. The first-order chi connectivity index (χ1) is 6.24. The predicted molar refractivity (Wildman–Crippen MR) is 62.4 cm³/mol. The summed E-state index contributed by atoms with van der Waals surface area (Å²) in [5, 5.41) is 0. The summed E-state index contributed by atoms with van der Waals surface area (Å²) in [6, 6.07) is 5.64. The van der Waals surface area contributed by atoms with Gasteiger partial charge >= 0.3 is 0 Å². The minimum Gasteiger partial charge on any atom is -0.491 e. The van der Waals surface area contributed by atoms with Crippen LogP contribution in [0.15, 0.2) is 22.7 Å². The monoisotopic (exact) mass is 261 g/mol. The Balaban J connectivity index is 2.56. The second kappa shape index (κ2) is 5.40. The summed E-state index contributed by atoms with van der Waals surface area (Å²) >= 11 is 5.09. The van der Waals surface area contributed by atoms with Crippen LogP contribution >= 0.6 is 27.7 Å². The Bertz CT molecular complexity index is 280. The third-order valence-electron chi connectivity index (χ3n) is 1.52. The molecule has 2 nitrogen and oxygen atoms in total. The molecule has 0 atom stereocenters. The topological polar surface area (TPSA) is 35.2 Å². The summed E-state index contributed by atoms with van der Waals surface area (Å²) in [5.74, 6) is 1.74. The van der Waals surface area contributed by atoms with Crippen LogP contribution in [0.25, 0.3) is 0 Å². The van der Waals surface area contributed by atoms with E-state index in [2.05, 4.69) is 15.9 Å². The van der Waals surface area contributed by atoms with Crippen LogP contribution in [0.4, 0.5) is 5.69 Å². The van der Waals surface area contributed by atoms with Crippen molar-refractivity contribution in [3.8, 4) is 5.75 Å². The van der Waals surface area contributed by atoms with E-state index in [4.69, 9.17) is 10.5 Å². The Morgan fingerprint density at radius 3 is 2.92 bits per heavy atom. The predicted octanol–water partition coefficient (Wildman–Crippen LogP) is 2.77. The zero-order valence-electron chi connectivity index (χ0n) is 7.42. The van der Waals surface area contributed by atoms with Gasteiger partial charge in [0.25, 0.3) is 0 Å². The van der Waals surface area contributed by atoms with E-state index >= 15 is 0 Å². The lowest BCUT2D eigenvalue weighted by molar-refractivity contribution is 0.346. The number of nitrogens with two attached hydrogens (primary N) is 1. The Morgan fingerprint density at radius 2 is 2.31 bits per heavy atom. The third kappa shape index (κ3) is 3.48. The van der Waals surface area contributed by atoms with Crippen molar-refractivity contribution in [2.24, 2.45) is 0 Å². The Morgan fingerprint density at radius 1 is 1.54 bits per heavy atom. The number of rotatable bonds is 4.